The summed E-state index contributed by atoms with van der Waals surface area (Å²) in [5.41, 5.74) is 5.99. The number of piperidine rings is 1. The van der Waals surface area contributed by atoms with Gasteiger partial charge in [-0.3, -0.25) is 10.1 Å². The number of carbonyl (C=O) groups excluding carboxylic acids is 2. The molecule has 3 N–H and O–H groups in total. The summed E-state index contributed by atoms with van der Waals surface area (Å²) in [6.07, 6.45) is 5.05. The van der Waals surface area contributed by atoms with Crippen molar-refractivity contribution in [1.29, 1.82) is 0 Å². The van der Waals surface area contributed by atoms with E-state index in [9.17, 15) is 14.0 Å². The number of likely N-dealkylation sites (tertiary alicyclic amines) is 1. The van der Waals surface area contributed by atoms with Crippen LogP contribution in [-0.4, -0.2) is 46.0 Å². The summed E-state index contributed by atoms with van der Waals surface area (Å²) in [6.45, 7) is 0.435. The lowest BCUT2D eigenvalue weighted by atomic mass is 9.83. The Kier molecular flexibility index (Phi) is 6.44. The summed E-state index contributed by atoms with van der Waals surface area (Å²) >= 11 is 5.97. The number of amides is 2. The van der Waals surface area contributed by atoms with Crippen molar-refractivity contribution in [3.63, 3.8) is 0 Å². The molecular weight excluding hydrogens is 436 g/mol. The van der Waals surface area contributed by atoms with Crippen LogP contribution in [-0.2, 0) is 21.6 Å². The van der Waals surface area contributed by atoms with Crippen LogP contribution in [0.1, 0.15) is 24.0 Å². The van der Waals surface area contributed by atoms with Crippen molar-refractivity contribution in [2.24, 2.45) is 5.73 Å². The molecule has 1 aromatic carbocycles. The third-order valence-corrected chi connectivity index (χ3v) is 5.52. The van der Waals surface area contributed by atoms with Crippen LogP contribution in [0.25, 0.3) is 0 Å². The van der Waals surface area contributed by atoms with E-state index in [4.69, 9.17) is 22.1 Å². The van der Waals surface area contributed by atoms with Gasteiger partial charge in [-0.05, 0) is 37.0 Å². The van der Waals surface area contributed by atoms with Crippen LogP contribution in [0.3, 0.4) is 0 Å². The number of benzene rings is 1. The minimum absolute atomic E-state index is 0. The zero-order valence-electron chi connectivity index (χ0n) is 15.8. The zero-order chi connectivity index (χ0) is 20.6. The third kappa shape index (κ3) is 4.05. The molecule has 0 saturated carbocycles. The normalized spacial score (nSPS) is 21.2. The summed E-state index contributed by atoms with van der Waals surface area (Å²) in [6, 6.07) is 2.08. The van der Waals surface area contributed by atoms with E-state index in [1.165, 1.54) is 23.4 Å². The van der Waals surface area contributed by atoms with Gasteiger partial charge in [0.2, 0.25) is 5.91 Å². The van der Waals surface area contributed by atoms with E-state index in [-0.39, 0.29) is 41.9 Å². The molecule has 2 aliphatic rings. The van der Waals surface area contributed by atoms with E-state index in [1.54, 1.807) is 12.4 Å². The highest BCUT2D eigenvalue weighted by molar-refractivity contribution is 6.31. The molecule has 4 rings (SSSR count). The highest BCUT2D eigenvalue weighted by Crippen LogP contribution is 2.45. The molecule has 8 nitrogen and oxygen atoms in total. The Labute approximate surface area is 183 Å². The Morgan fingerprint density at radius 2 is 2.13 bits per heavy atom. The number of anilines is 1. The highest BCUT2D eigenvalue weighted by atomic mass is 35.5. The van der Waals surface area contributed by atoms with Crippen LogP contribution < -0.4 is 11.1 Å². The molecular formula is C19H20Cl2FN5O3. The first-order valence-corrected chi connectivity index (χ1v) is 9.54. The molecule has 1 aromatic heterocycles. The fourth-order valence-corrected chi connectivity index (χ4v) is 4.13. The molecule has 1 unspecified atom stereocenters. The number of nitrogens with one attached hydrogen (secondary N) is 1. The van der Waals surface area contributed by atoms with E-state index < -0.39 is 23.6 Å². The molecule has 1 fully saturated rings. The summed E-state index contributed by atoms with van der Waals surface area (Å²) in [4.78, 5) is 34.4. The Morgan fingerprint density at radius 1 is 1.40 bits per heavy atom. The topological polar surface area (TPSA) is 110 Å². The second kappa shape index (κ2) is 8.71. The van der Waals surface area contributed by atoms with Crippen LogP contribution >= 0.6 is 24.0 Å². The van der Waals surface area contributed by atoms with Crippen molar-refractivity contribution < 1.29 is 18.7 Å². The van der Waals surface area contributed by atoms with Crippen LogP contribution in [0.4, 0.5) is 14.9 Å². The maximum absolute atomic E-state index is 14.9. The SMILES string of the molecule is Cl.NC(Cc1cncnc1)C(=O)N1CCC[C@@]2(C1)OC(=O)Nc1ccc(Cl)c(F)c12. The van der Waals surface area contributed by atoms with Crippen molar-refractivity contribution in [3.8, 4) is 0 Å². The predicted octanol–water partition coefficient (Wildman–Crippen LogP) is 2.64. The summed E-state index contributed by atoms with van der Waals surface area (Å²) in [7, 11) is 0. The second-order valence-corrected chi connectivity index (χ2v) is 7.62. The van der Waals surface area contributed by atoms with Crippen molar-refractivity contribution in [1.82, 2.24) is 14.9 Å². The van der Waals surface area contributed by atoms with Gasteiger partial charge in [-0.15, -0.1) is 12.4 Å². The van der Waals surface area contributed by atoms with Gasteiger partial charge in [0.05, 0.1) is 28.9 Å². The number of hydrogen-bond acceptors (Lipinski definition) is 6. The van der Waals surface area contributed by atoms with Crippen LogP contribution in [0.5, 0.6) is 0 Å². The zero-order valence-corrected chi connectivity index (χ0v) is 17.4. The van der Waals surface area contributed by atoms with E-state index >= 15 is 0 Å². The smallest absolute Gasteiger partial charge is 0.412 e. The van der Waals surface area contributed by atoms with Gasteiger partial charge in [0.15, 0.2) is 11.4 Å². The molecule has 2 aliphatic heterocycles. The molecule has 2 aromatic rings. The van der Waals surface area contributed by atoms with E-state index in [1.807, 2.05) is 0 Å². The van der Waals surface area contributed by atoms with Gasteiger partial charge in [-0.1, -0.05) is 11.6 Å². The summed E-state index contributed by atoms with van der Waals surface area (Å²) < 4.78 is 20.5. The van der Waals surface area contributed by atoms with Crippen LogP contribution in [0.15, 0.2) is 30.9 Å². The first-order valence-electron chi connectivity index (χ1n) is 9.16. The van der Waals surface area contributed by atoms with Crippen molar-refractivity contribution >= 4 is 41.7 Å². The first-order chi connectivity index (χ1) is 13.9. The Hall–Kier alpha value is -2.49. The lowest BCUT2D eigenvalue weighted by molar-refractivity contribution is -0.140. The van der Waals surface area contributed by atoms with E-state index in [0.29, 0.717) is 25.1 Å². The number of nitrogens with two attached hydrogens (primary N) is 1. The van der Waals surface area contributed by atoms with Gasteiger partial charge in [0.25, 0.3) is 0 Å². The molecule has 0 aliphatic carbocycles. The minimum Gasteiger partial charge on any atom is -0.436 e. The van der Waals surface area contributed by atoms with Crippen LogP contribution in [0, 0.1) is 5.82 Å². The van der Waals surface area contributed by atoms with Gasteiger partial charge in [-0.25, -0.2) is 19.2 Å². The quantitative estimate of drug-likeness (QED) is 0.735. The molecule has 0 bridgehead atoms. The second-order valence-electron chi connectivity index (χ2n) is 7.21. The van der Waals surface area contributed by atoms with Gasteiger partial charge < -0.3 is 15.4 Å². The number of ether oxygens (including phenoxy) is 1. The monoisotopic (exact) mass is 455 g/mol. The number of carbonyl (C=O) groups is 2. The fraction of sp³-hybridized carbons (Fsp3) is 0.368. The van der Waals surface area contributed by atoms with Gasteiger partial charge in [-0.2, -0.15) is 0 Å². The van der Waals surface area contributed by atoms with Gasteiger partial charge in [0.1, 0.15) is 6.33 Å². The molecule has 2 atom stereocenters. The lowest BCUT2D eigenvalue weighted by Gasteiger charge is -2.45. The fourth-order valence-electron chi connectivity index (χ4n) is 3.97. The summed E-state index contributed by atoms with van der Waals surface area (Å²) in [5, 5.41) is 2.42. The van der Waals surface area contributed by atoms with Crippen molar-refractivity contribution in [3.05, 3.63) is 52.8 Å². The summed E-state index contributed by atoms with van der Waals surface area (Å²) in [5.74, 6) is -0.976. The van der Waals surface area contributed by atoms with Crippen molar-refractivity contribution in [2.45, 2.75) is 30.9 Å². The lowest BCUT2D eigenvalue weighted by Crippen LogP contribution is -2.56. The maximum atomic E-state index is 14.9. The van der Waals surface area contributed by atoms with E-state index in [0.717, 1.165) is 5.56 Å². The minimum atomic E-state index is -1.31. The Balaban J connectivity index is 0.00000256. The molecule has 1 saturated heterocycles. The average molecular weight is 456 g/mol. The number of hydrogen-bond donors (Lipinski definition) is 2. The molecule has 1 spiro atoms. The predicted molar refractivity (Wildman–Crippen MR) is 110 cm³/mol. The number of rotatable bonds is 3. The molecule has 2 amide bonds. The number of nitrogens with zero attached hydrogens (tertiary/aromatic N) is 3. The Morgan fingerprint density at radius 3 is 2.87 bits per heavy atom. The van der Waals surface area contributed by atoms with Gasteiger partial charge in [0, 0.05) is 18.9 Å². The molecule has 3 heterocycles. The molecule has 30 heavy (non-hydrogen) atoms. The molecule has 0 radical (unpaired) electrons. The van der Waals surface area contributed by atoms with Gasteiger partial charge >= 0.3 is 6.09 Å². The van der Waals surface area contributed by atoms with E-state index in [2.05, 4.69) is 15.3 Å². The Bertz CT molecular complexity index is 965. The highest BCUT2D eigenvalue weighted by Gasteiger charge is 2.48. The first kappa shape index (κ1) is 22.2. The number of halogens is 3. The molecule has 11 heteroatoms. The third-order valence-electron chi connectivity index (χ3n) is 5.23. The van der Waals surface area contributed by atoms with Crippen LogP contribution in [0.2, 0.25) is 5.02 Å². The number of fused-ring (bicyclic) bond motifs is 2. The number of aromatic nitrogens is 2. The largest absolute Gasteiger partial charge is 0.436 e. The average Bonchev–Trinajstić information content (AvgIpc) is 2.70. The van der Waals surface area contributed by atoms with Crippen molar-refractivity contribution in [2.75, 3.05) is 18.4 Å². The molecule has 160 valence electrons. The maximum Gasteiger partial charge on any atom is 0.412 e. The standard InChI is InChI=1S/C19H19ClFN5O3.ClH/c20-12-2-3-14-15(16(12)21)19(29-18(28)25-14)4-1-5-26(9-19)17(27)13(22)6-11-7-23-10-24-8-11;/h2-3,7-8,10,13H,1,4-6,9,22H2,(H,25,28);1H/t13?,19-;/m0./s1.